The number of carboxylic acid groups (broad SMARTS) is 2. The molecular formula is C4H5ClO6-2. The summed E-state index contributed by atoms with van der Waals surface area (Å²) in [5, 5.41) is 35.7. The number of aliphatic carboxylic acids is 2. The van der Waals surface area contributed by atoms with Gasteiger partial charge in [0.25, 0.3) is 0 Å². The van der Waals surface area contributed by atoms with Crippen molar-refractivity contribution in [3.8, 4) is 0 Å². The van der Waals surface area contributed by atoms with Crippen LogP contribution in [0.1, 0.15) is 0 Å². The Balaban J connectivity index is 0. The number of hydrogen-bond donors (Lipinski definition) is 2. The summed E-state index contributed by atoms with van der Waals surface area (Å²) in [5.74, 6) is -4.12. The Hall–Kier alpha value is -0.850. The molecule has 2 unspecified atom stereocenters. The quantitative estimate of drug-likeness (QED) is 0.457. The summed E-state index contributed by atoms with van der Waals surface area (Å²) in [5.41, 5.74) is 0. The molecule has 11 heavy (non-hydrogen) atoms. The van der Waals surface area contributed by atoms with Crippen LogP contribution >= 0.6 is 12.4 Å². The monoisotopic (exact) mass is 184 g/mol. The third-order valence-electron chi connectivity index (χ3n) is 0.782. The van der Waals surface area contributed by atoms with Crippen LogP contribution in [0.5, 0.6) is 0 Å². The van der Waals surface area contributed by atoms with E-state index < -0.39 is 24.1 Å². The van der Waals surface area contributed by atoms with E-state index in [1.54, 1.807) is 0 Å². The van der Waals surface area contributed by atoms with Gasteiger partial charge in [-0.05, 0) is 0 Å². The van der Waals surface area contributed by atoms with Crippen molar-refractivity contribution in [1.82, 2.24) is 0 Å². The molecule has 0 heterocycles. The first-order valence-electron chi connectivity index (χ1n) is 2.24. The van der Waals surface area contributed by atoms with Crippen molar-refractivity contribution in [3.05, 3.63) is 0 Å². The Kier molecular flexibility index (Phi) is 5.69. The molecule has 2 atom stereocenters. The molecule has 0 rings (SSSR count). The molecule has 0 aliphatic heterocycles. The van der Waals surface area contributed by atoms with Crippen LogP contribution in [-0.2, 0) is 9.59 Å². The fraction of sp³-hybridized carbons (Fsp3) is 0.500. The maximum Gasteiger partial charge on any atom is 0.124 e. The van der Waals surface area contributed by atoms with Crippen LogP contribution in [0.3, 0.4) is 0 Å². The zero-order chi connectivity index (χ0) is 8.31. The SMILES string of the molecule is Cl.O=C([O-])C(O)C(O)C(=O)[O-]. The van der Waals surface area contributed by atoms with Crippen molar-refractivity contribution in [1.29, 1.82) is 0 Å². The van der Waals surface area contributed by atoms with E-state index >= 15 is 0 Å². The van der Waals surface area contributed by atoms with E-state index in [0.717, 1.165) is 0 Å². The number of aliphatic hydroxyl groups is 2. The van der Waals surface area contributed by atoms with Gasteiger partial charge < -0.3 is 30.0 Å². The predicted octanol–water partition coefficient (Wildman–Crippen LogP) is -4.37. The third-order valence-corrected chi connectivity index (χ3v) is 0.782. The van der Waals surface area contributed by atoms with Crippen molar-refractivity contribution in [2.45, 2.75) is 12.2 Å². The topological polar surface area (TPSA) is 121 Å². The van der Waals surface area contributed by atoms with Crippen LogP contribution in [0.25, 0.3) is 0 Å². The number of carboxylic acids is 2. The van der Waals surface area contributed by atoms with Gasteiger partial charge in [0.15, 0.2) is 0 Å². The van der Waals surface area contributed by atoms with Gasteiger partial charge in [0.05, 0.1) is 11.9 Å². The molecule has 0 radical (unpaired) electrons. The van der Waals surface area contributed by atoms with Gasteiger partial charge >= 0.3 is 0 Å². The lowest BCUT2D eigenvalue weighted by molar-refractivity contribution is -0.333. The molecule has 66 valence electrons. The zero-order valence-electron chi connectivity index (χ0n) is 5.09. The second-order valence-corrected chi connectivity index (χ2v) is 1.53. The predicted molar refractivity (Wildman–Crippen MR) is 29.3 cm³/mol. The van der Waals surface area contributed by atoms with Gasteiger partial charge in [-0.1, -0.05) is 0 Å². The average molecular weight is 185 g/mol. The normalized spacial score (nSPS) is 14.4. The number of carbonyl (C=O) groups is 2. The van der Waals surface area contributed by atoms with E-state index in [1.807, 2.05) is 0 Å². The maximum absolute atomic E-state index is 9.63. The van der Waals surface area contributed by atoms with E-state index in [9.17, 15) is 19.8 Å². The molecule has 0 aliphatic rings. The average Bonchev–Trinajstić information content (AvgIpc) is 1.84. The molecule has 0 amide bonds. The molecule has 0 bridgehead atoms. The van der Waals surface area contributed by atoms with Crippen molar-refractivity contribution in [2.24, 2.45) is 0 Å². The van der Waals surface area contributed by atoms with Gasteiger partial charge in [-0.15, -0.1) is 12.4 Å². The van der Waals surface area contributed by atoms with Gasteiger partial charge in [-0.3, -0.25) is 0 Å². The number of rotatable bonds is 3. The number of aliphatic hydroxyl groups excluding tert-OH is 2. The minimum atomic E-state index is -2.44. The Labute approximate surface area is 67.5 Å². The first kappa shape index (κ1) is 12.8. The molecule has 0 saturated heterocycles. The largest absolute Gasteiger partial charge is 0.547 e. The minimum absolute atomic E-state index is 0. The lowest BCUT2D eigenvalue weighted by Gasteiger charge is -2.18. The summed E-state index contributed by atoms with van der Waals surface area (Å²) in [6.45, 7) is 0. The Morgan fingerprint density at radius 1 is 1.00 bits per heavy atom. The summed E-state index contributed by atoms with van der Waals surface area (Å²) >= 11 is 0. The Morgan fingerprint density at radius 2 is 1.18 bits per heavy atom. The molecule has 0 spiro atoms. The molecule has 0 aromatic rings. The molecular weight excluding hydrogens is 179 g/mol. The van der Waals surface area contributed by atoms with Crippen molar-refractivity contribution in [3.63, 3.8) is 0 Å². The molecule has 0 fully saturated rings. The fourth-order valence-electron chi connectivity index (χ4n) is 0.258. The van der Waals surface area contributed by atoms with Crippen LogP contribution in [0.4, 0.5) is 0 Å². The summed E-state index contributed by atoms with van der Waals surface area (Å²) in [6.07, 6.45) is -4.88. The number of hydrogen-bond acceptors (Lipinski definition) is 6. The second-order valence-electron chi connectivity index (χ2n) is 1.53. The van der Waals surface area contributed by atoms with Crippen molar-refractivity contribution >= 4 is 24.3 Å². The van der Waals surface area contributed by atoms with Gasteiger partial charge in [0.1, 0.15) is 12.2 Å². The highest BCUT2D eigenvalue weighted by molar-refractivity contribution is 5.85. The van der Waals surface area contributed by atoms with Gasteiger partial charge in [0.2, 0.25) is 0 Å². The van der Waals surface area contributed by atoms with Crippen LogP contribution in [0.15, 0.2) is 0 Å². The molecule has 0 aromatic carbocycles. The van der Waals surface area contributed by atoms with Crippen LogP contribution < -0.4 is 10.2 Å². The van der Waals surface area contributed by atoms with Crippen molar-refractivity contribution in [2.75, 3.05) is 0 Å². The van der Waals surface area contributed by atoms with Crippen LogP contribution in [-0.4, -0.2) is 34.4 Å². The molecule has 0 aromatic heterocycles. The maximum atomic E-state index is 9.63. The van der Waals surface area contributed by atoms with E-state index in [0.29, 0.717) is 0 Å². The van der Waals surface area contributed by atoms with Gasteiger partial charge in [-0.2, -0.15) is 0 Å². The Morgan fingerprint density at radius 3 is 1.27 bits per heavy atom. The molecule has 7 heteroatoms. The van der Waals surface area contributed by atoms with E-state index in [-0.39, 0.29) is 12.4 Å². The summed E-state index contributed by atoms with van der Waals surface area (Å²) in [7, 11) is 0. The highest BCUT2D eigenvalue weighted by atomic mass is 35.5. The first-order valence-corrected chi connectivity index (χ1v) is 2.24. The molecule has 6 nitrogen and oxygen atoms in total. The molecule has 2 N–H and O–H groups in total. The van der Waals surface area contributed by atoms with Crippen LogP contribution in [0, 0.1) is 0 Å². The van der Waals surface area contributed by atoms with Gasteiger partial charge in [-0.25, -0.2) is 0 Å². The fourth-order valence-corrected chi connectivity index (χ4v) is 0.258. The summed E-state index contributed by atoms with van der Waals surface area (Å²) in [4.78, 5) is 19.3. The highest BCUT2D eigenvalue weighted by Crippen LogP contribution is 1.88. The second kappa shape index (κ2) is 4.89. The highest BCUT2D eigenvalue weighted by Gasteiger charge is 2.17. The van der Waals surface area contributed by atoms with Crippen LogP contribution in [0.2, 0.25) is 0 Å². The van der Waals surface area contributed by atoms with E-state index in [2.05, 4.69) is 0 Å². The summed E-state index contributed by atoms with van der Waals surface area (Å²) < 4.78 is 0. The lowest BCUT2D eigenvalue weighted by Crippen LogP contribution is -2.51. The van der Waals surface area contributed by atoms with Gasteiger partial charge in [0, 0.05) is 0 Å². The summed E-state index contributed by atoms with van der Waals surface area (Å²) in [6, 6.07) is 0. The van der Waals surface area contributed by atoms with E-state index in [4.69, 9.17) is 10.2 Å². The third kappa shape index (κ3) is 3.76. The minimum Gasteiger partial charge on any atom is -0.547 e. The number of carbonyl (C=O) groups excluding carboxylic acids is 2. The lowest BCUT2D eigenvalue weighted by atomic mass is 10.2. The number of halogens is 1. The molecule has 0 aliphatic carbocycles. The van der Waals surface area contributed by atoms with Crippen molar-refractivity contribution < 1.29 is 30.0 Å². The Bertz CT molecular complexity index is 139. The molecule has 0 saturated carbocycles. The first-order chi connectivity index (χ1) is 4.46. The van der Waals surface area contributed by atoms with E-state index in [1.165, 1.54) is 0 Å². The zero-order valence-corrected chi connectivity index (χ0v) is 5.91. The smallest absolute Gasteiger partial charge is 0.124 e. The standard InChI is InChI=1S/C4H6O6.ClH/c5-1(3(7)8)2(6)4(9)10;/h1-2,5-6H,(H,7,8)(H,9,10);1H/p-2.